The Kier molecular flexibility index (Phi) is 3.83. The van der Waals surface area contributed by atoms with Gasteiger partial charge >= 0.3 is 0 Å². The molecule has 1 aromatic carbocycles. The Morgan fingerprint density at radius 1 is 1.29 bits per heavy atom. The molecule has 0 amide bonds. The van der Waals surface area contributed by atoms with Crippen molar-refractivity contribution in [2.24, 2.45) is 0 Å². The maximum Gasteiger partial charge on any atom is 0.261 e. The summed E-state index contributed by atoms with van der Waals surface area (Å²) in [4.78, 5) is 0. The third-order valence-corrected chi connectivity index (χ3v) is 1.88. The minimum atomic E-state index is -2.42. The van der Waals surface area contributed by atoms with E-state index in [1.165, 1.54) is 0 Å². The number of hydrogen-bond acceptors (Lipinski definition) is 2. The number of benzene rings is 1. The quantitative estimate of drug-likeness (QED) is 0.760. The SMILES string of the molecule is CC(OCC(F)F)c1ccc(N)cc1. The van der Waals surface area contributed by atoms with Gasteiger partial charge in [0.25, 0.3) is 6.43 Å². The number of nitrogen functional groups attached to an aromatic ring is 1. The van der Waals surface area contributed by atoms with Crippen molar-refractivity contribution in [2.45, 2.75) is 19.5 Å². The van der Waals surface area contributed by atoms with Gasteiger partial charge in [-0.15, -0.1) is 0 Å². The van der Waals surface area contributed by atoms with Gasteiger partial charge in [0.15, 0.2) is 0 Å². The molecule has 78 valence electrons. The minimum absolute atomic E-state index is 0.329. The van der Waals surface area contributed by atoms with E-state index in [0.29, 0.717) is 5.69 Å². The summed E-state index contributed by atoms with van der Waals surface area (Å²) in [6.45, 7) is 1.19. The second kappa shape index (κ2) is 4.91. The lowest BCUT2D eigenvalue weighted by Gasteiger charge is -2.12. The standard InChI is InChI=1S/C10H13F2NO/c1-7(14-6-10(11)12)8-2-4-9(13)5-3-8/h2-5,7,10H,6,13H2,1H3. The first-order valence-corrected chi connectivity index (χ1v) is 4.35. The first-order chi connectivity index (χ1) is 6.59. The van der Waals surface area contributed by atoms with E-state index in [1.807, 2.05) is 0 Å². The van der Waals surface area contributed by atoms with Gasteiger partial charge in [0.05, 0.1) is 6.10 Å². The Bertz CT molecular complexity index is 274. The molecule has 0 radical (unpaired) electrons. The van der Waals surface area contributed by atoms with Crippen LogP contribution in [0.4, 0.5) is 14.5 Å². The van der Waals surface area contributed by atoms with Gasteiger partial charge in [0.1, 0.15) is 6.61 Å². The maximum absolute atomic E-state index is 11.8. The van der Waals surface area contributed by atoms with Gasteiger partial charge in [-0.25, -0.2) is 8.78 Å². The van der Waals surface area contributed by atoms with Crippen LogP contribution < -0.4 is 5.73 Å². The van der Waals surface area contributed by atoms with Crippen LogP contribution in [0, 0.1) is 0 Å². The van der Waals surface area contributed by atoms with Crippen molar-refractivity contribution in [3.05, 3.63) is 29.8 Å². The van der Waals surface area contributed by atoms with Crippen LogP contribution in [0.15, 0.2) is 24.3 Å². The van der Waals surface area contributed by atoms with Crippen molar-refractivity contribution in [3.63, 3.8) is 0 Å². The van der Waals surface area contributed by atoms with Crippen LogP contribution in [0.1, 0.15) is 18.6 Å². The fourth-order valence-corrected chi connectivity index (χ4v) is 1.08. The van der Waals surface area contributed by atoms with Crippen LogP contribution in [-0.4, -0.2) is 13.0 Å². The molecule has 0 spiro atoms. The maximum atomic E-state index is 11.8. The highest BCUT2D eigenvalue weighted by Crippen LogP contribution is 2.18. The number of halogens is 2. The van der Waals surface area contributed by atoms with Crippen molar-refractivity contribution in [1.29, 1.82) is 0 Å². The van der Waals surface area contributed by atoms with Gasteiger partial charge in [-0.2, -0.15) is 0 Å². The summed E-state index contributed by atoms with van der Waals surface area (Å²) in [5.74, 6) is 0. The molecule has 1 unspecified atom stereocenters. The Labute approximate surface area is 81.7 Å². The molecule has 0 heterocycles. The fourth-order valence-electron chi connectivity index (χ4n) is 1.08. The average molecular weight is 201 g/mol. The predicted octanol–water partition coefficient (Wildman–Crippen LogP) is 2.61. The van der Waals surface area contributed by atoms with E-state index >= 15 is 0 Å². The Morgan fingerprint density at radius 2 is 1.86 bits per heavy atom. The molecule has 4 heteroatoms. The third-order valence-electron chi connectivity index (χ3n) is 1.88. The van der Waals surface area contributed by atoms with E-state index in [-0.39, 0.29) is 6.10 Å². The molecule has 0 bridgehead atoms. The summed E-state index contributed by atoms with van der Waals surface area (Å²) in [6.07, 6.45) is -2.75. The van der Waals surface area contributed by atoms with E-state index in [9.17, 15) is 8.78 Å². The molecule has 14 heavy (non-hydrogen) atoms. The fraction of sp³-hybridized carbons (Fsp3) is 0.400. The first-order valence-electron chi connectivity index (χ1n) is 4.35. The van der Waals surface area contributed by atoms with E-state index in [0.717, 1.165) is 5.56 Å². The highest BCUT2D eigenvalue weighted by atomic mass is 19.3. The molecule has 1 atom stereocenters. The van der Waals surface area contributed by atoms with Gasteiger partial charge in [-0.3, -0.25) is 0 Å². The van der Waals surface area contributed by atoms with E-state index < -0.39 is 13.0 Å². The molecule has 1 aromatic rings. The average Bonchev–Trinajstić information content (AvgIpc) is 2.15. The molecular weight excluding hydrogens is 188 g/mol. The molecule has 0 saturated carbocycles. The van der Waals surface area contributed by atoms with Crippen molar-refractivity contribution in [2.75, 3.05) is 12.3 Å². The summed E-state index contributed by atoms with van der Waals surface area (Å²) in [5.41, 5.74) is 6.98. The van der Waals surface area contributed by atoms with Crippen LogP contribution in [0.3, 0.4) is 0 Å². The Hall–Kier alpha value is -1.16. The van der Waals surface area contributed by atoms with Crippen LogP contribution in [0.25, 0.3) is 0 Å². The second-order valence-electron chi connectivity index (χ2n) is 3.03. The summed E-state index contributed by atoms with van der Waals surface area (Å²) in [5, 5.41) is 0. The first kappa shape index (κ1) is 10.9. The normalized spacial score (nSPS) is 13.1. The number of alkyl halides is 2. The molecule has 2 nitrogen and oxygen atoms in total. The van der Waals surface area contributed by atoms with Crippen LogP contribution >= 0.6 is 0 Å². The van der Waals surface area contributed by atoms with Crippen molar-refractivity contribution in [3.8, 4) is 0 Å². The summed E-state index contributed by atoms with van der Waals surface area (Å²) >= 11 is 0. The largest absolute Gasteiger partial charge is 0.399 e. The molecule has 0 aromatic heterocycles. The van der Waals surface area contributed by atoms with E-state index in [4.69, 9.17) is 10.5 Å². The minimum Gasteiger partial charge on any atom is -0.399 e. The zero-order valence-corrected chi connectivity index (χ0v) is 7.91. The number of hydrogen-bond donors (Lipinski definition) is 1. The molecule has 0 aliphatic rings. The summed E-state index contributed by atoms with van der Waals surface area (Å²) in [6, 6.07) is 6.98. The summed E-state index contributed by atoms with van der Waals surface area (Å²) < 4.78 is 28.6. The monoisotopic (exact) mass is 201 g/mol. The van der Waals surface area contributed by atoms with Gasteiger partial charge < -0.3 is 10.5 Å². The molecule has 0 saturated heterocycles. The predicted molar refractivity (Wildman–Crippen MR) is 51.2 cm³/mol. The Morgan fingerprint density at radius 3 is 2.36 bits per heavy atom. The van der Waals surface area contributed by atoms with Gasteiger partial charge in [0, 0.05) is 5.69 Å². The molecule has 0 fully saturated rings. The molecule has 1 rings (SSSR count). The number of nitrogens with two attached hydrogens (primary N) is 1. The van der Waals surface area contributed by atoms with E-state index in [2.05, 4.69) is 0 Å². The van der Waals surface area contributed by atoms with Crippen LogP contribution in [0.2, 0.25) is 0 Å². The molecule has 0 aliphatic carbocycles. The van der Waals surface area contributed by atoms with E-state index in [1.54, 1.807) is 31.2 Å². The van der Waals surface area contributed by atoms with Crippen molar-refractivity contribution < 1.29 is 13.5 Å². The third kappa shape index (κ3) is 3.30. The van der Waals surface area contributed by atoms with Crippen molar-refractivity contribution >= 4 is 5.69 Å². The molecule has 2 N–H and O–H groups in total. The van der Waals surface area contributed by atoms with Crippen molar-refractivity contribution in [1.82, 2.24) is 0 Å². The lowest BCUT2D eigenvalue weighted by Crippen LogP contribution is -2.08. The number of anilines is 1. The van der Waals surface area contributed by atoms with Gasteiger partial charge in [-0.1, -0.05) is 12.1 Å². The zero-order chi connectivity index (χ0) is 10.6. The smallest absolute Gasteiger partial charge is 0.261 e. The van der Waals surface area contributed by atoms with Gasteiger partial charge in [0.2, 0.25) is 0 Å². The highest BCUT2D eigenvalue weighted by Gasteiger charge is 2.09. The van der Waals surface area contributed by atoms with Crippen LogP contribution in [0.5, 0.6) is 0 Å². The van der Waals surface area contributed by atoms with Crippen LogP contribution in [-0.2, 0) is 4.74 Å². The van der Waals surface area contributed by atoms with Gasteiger partial charge in [-0.05, 0) is 24.6 Å². The molecular formula is C10H13F2NO. The lowest BCUT2D eigenvalue weighted by molar-refractivity contribution is -0.0181. The topological polar surface area (TPSA) is 35.2 Å². The number of rotatable bonds is 4. The highest BCUT2D eigenvalue weighted by molar-refractivity contribution is 5.39. The number of ether oxygens (including phenoxy) is 1. The lowest BCUT2D eigenvalue weighted by atomic mass is 10.1. The zero-order valence-electron chi connectivity index (χ0n) is 7.91. The second-order valence-corrected chi connectivity index (χ2v) is 3.03. The summed E-state index contributed by atoms with van der Waals surface area (Å²) in [7, 11) is 0. The Balaban J connectivity index is 2.52. The molecule has 0 aliphatic heterocycles.